The molecule has 0 aromatic carbocycles. The van der Waals surface area contributed by atoms with Crippen LogP contribution in [-0.2, 0) is 16.9 Å². The summed E-state index contributed by atoms with van der Waals surface area (Å²) in [7, 11) is 3.93. The number of carboxylic acids is 1. The third-order valence-electron chi connectivity index (χ3n) is 3.31. The monoisotopic (exact) mass is 254 g/mol. The number of aliphatic carboxylic acids is 1. The summed E-state index contributed by atoms with van der Waals surface area (Å²) in [6.45, 7) is 1.53. The van der Waals surface area contributed by atoms with Crippen LogP contribution >= 0.6 is 0 Å². The van der Waals surface area contributed by atoms with Crippen molar-refractivity contribution >= 4 is 5.97 Å². The van der Waals surface area contributed by atoms with Crippen molar-refractivity contribution in [2.24, 2.45) is 5.92 Å². The van der Waals surface area contributed by atoms with Gasteiger partial charge in [-0.15, -0.1) is 5.10 Å². The lowest BCUT2D eigenvalue weighted by atomic mass is 9.69. The number of hydrogen-bond donors (Lipinski definition) is 2. The van der Waals surface area contributed by atoms with E-state index >= 15 is 0 Å². The Labute approximate surface area is 105 Å². The van der Waals surface area contributed by atoms with E-state index in [4.69, 9.17) is 5.11 Å². The molecule has 7 nitrogen and oxygen atoms in total. The Kier molecular flexibility index (Phi) is 3.36. The van der Waals surface area contributed by atoms with E-state index in [2.05, 4.69) is 10.3 Å². The molecule has 1 aliphatic carbocycles. The molecule has 0 bridgehead atoms. The molecule has 0 aliphatic heterocycles. The molecule has 1 aromatic heterocycles. The highest BCUT2D eigenvalue weighted by molar-refractivity contribution is 5.71. The fraction of sp³-hybridized carbons (Fsp3) is 0.727. The second kappa shape index (κ2) is 4.66. The van der Waals surface area contributed by atoms with Crippen LogP contribution in [0.2, 0.25) is 0 Å². The lowest BCUT2D eigenvalue weighted by Crippen LogP contribution is -2.44. The third-order valence-corrected chi connectivity index (χ3v) is 3.31. The van der Waals surface area contributed by atoms with Crippen LogP contribution in [0.1, 0.15) is 18.5 Å². The van der Waals surface area contributed by atoms with Crippen molar-refractivity contribution in [3.63, 3.8) is 0 Å². The summed E-state index contributed by atoms with van der Waals surface area (Å²) in [5.74, 6) is -1.33. The molecule has 0 atom stereocenters. The van der Waals surface area contributed by atoms with Crippen LogP contribution in [0, 0.1) is 5.92 Å². The molecular weight excluding hydrogens is 236 g/mol. The smallest absolute Gasteiger partial charge is 0.306 e. The topological polar surface area (TPSA) is 91.5 Å². The van der Waals surface area contributed by atoms with Gasteiger partial charge < -0.3 is 15.1 Å². The second-order valence-electron chi connectivity index (χ2n) is 5.15. The SMILES string of the molecule is CN(C)CCn1cc(C2(O)CC(C(=O)O)C2)nn1. The Morgan fingerprint density at radius 2 is 2.28 bits per heavy atom. The van der Waals surface area contributed by atoms with Gasteiger partial charge in [0.05, 0.1) is 18.7 Å². The van der Waals surface area contributed by atoms with E-state index in [-0.39, 0.29) is 12.8 Å². The summed E-state index contributed by atoms with van der Waals surface area (Å²) < 4.78 is 1.67. The molecule has 0 saturated heterocycles. The number of likely N-dealkylation sites (N-methyl/N-ethyl adjacent to an activating group) is 1. The molecule has 1 heterocycles. The third kappa shape index (κ3) is 2.51. The summed E-state index contributed by atoms with van der Waals surface area (Å²) in [6.07, 6.45) is 2.13. The van der Waals surface area contributed by atoms with Gasteiger partial charge in [-0.1, -0.05) is 5.21 Å². The molecule has 1 saturated carbocycles. The first kappa shape index (κ1) is 13.0. The van der Waals surface area contributed by atoms with Gasteiger partial charge in [0.2, 0.25) is 0 Å². The van der Waals surface area contributed by atoms with E-state index in [0.717, 1.165) is 6.54 Å². The van der Waals surface area contributed by atoms with Crippen molar-refractivity contribution in [3.8, 4) is 0 Å². The predicted octanol–water partition coefficient (Wildman–Crippen LogP) is -0.478. The first-order valence-corrected chi connectivity index (χ1v) is 5.91. The van der Waals surface area contributed by atoms with Gasteiger partial charge in [0.1, 0.15) is 11.3 Å². The van der Waals surface area contributed by atoms with Gasteiger partial charge in [-0.25, -0.2) is 0 Å². The van der Waals surface area contributed by atoms with E-state index in [0.29, 0.717) is 12.2 Å². The molecule has 0 spiro atoms. The van der Waals surface area contributed by atoms with Gasteiger partial charge in [-0.2, -0.15) is 0 Å². The van der Waals surface area contributed by atoms with Crippen LogP contribution in [0.15, 0.2) is 6.20 Å². The van der Waals surface area contributed by atoms with Crippen molar-refractivity contribution in [3.05, 3.63) is 11.9 Å². The molecule has 18 heavy (non-hydrogen) atoms. The second-order valence-corrected chi connectivity index (χ2v) is 5.15. The van der Waals surface area contributed by atoms with E-state index in [1.54, 1.807) is 10.9 Å². The van der Waals surface area contributed by atoms with E-state index in [1.165, 1.54) is 0 Å². The largest absolute Gasteiger partial charge is 0.481 e. The standard InChI is InChI=1S/C11H18N4O3/c1-14(2)3-4-15-7-9(12-13-15)11(18)5-8(6-11)10(16)17/h7-8,18H,3-6H2,1-2H3,(H,16,17). The summed E-state index contributed by atoms with van der Waals surface area (Å²) in [6, 6.07) is 0. The molecule has 0 unspecified atom stereocenters. The zero-order valence-electron chi connectivity index (χ0n) is 10.6. The fourth-order valence-corrected chi connectivity index (χ4v) is 2.06. The van der Waals surface area contributed by atoms with Crippen LogP contribution in [0.3, 0.4) is 0 Å². The van der Waals surface area contributed by atoms with Crippen LogP contribution in [-0.4, -0.2) is 56.7 Å². The van der Waals surface area contributed by atoms with Crippen molar-refractivity contribution in [2.45, 2.75) is 25.0 Å². The molecule has 1 aromatic rings. The Morgan fingerprint density at radius 3 is 2.83 bits per heavy atom. The van der Waals surface area contributed by atoms with Gasteiger partial charge >= 0.3 is 5.97 Å². The van der Waals surface area contributed by atoms with Gasteiger partial charge in [-0.3, -0.25) is 9.48 Å². The summed E-state index contributed by atoms with van der Waals surface area (Å²) >= 11 is 0. The minimum absolute atomic E-state index is 0.217. The lowest BCUT2D eigenvalue weighted by molar-refractivity contribution is -0.160. The van der Waals surface area contributed by atoms with Crippen LogP contribution in [0.25, 0.3) is 0 Å². The Morgan fingerprint density at radius 1 is 1.61 bits per heavy atom. The summed E-state index contributed by atoms with van der Waals surface area (Å²) in [4.78, 5) is 12.8. The maximum Gasteiger partial charge on any atom is 0.306 e. The molecule has 2 rings (SSSR count). The minimum atomic E-state index is -1.11. The normalized spacial score (nSPS) is 27.2. The minimum Gasteiger partial charge on any atom is -0.481 e. The van der Waals surface area contributed by atoms with Crippen LogP contribution in [0.5, 0.6) is 0 Å². The van der Waals surface area contributed by atoms with Crippen molar-refractivity contribution in [2.75, 3.05) is 20.6 Å². The summed E-state index contributed by atoms with van der Waals surface area (Å²) in [5, 5.41) is 26.9. The number of aliphatic hydroxyl groups is 1. The quantitative estimate of drug-likeness (QED) is 0.737. The molecule has 0 radical (unpaired) electrons. The predicted molar refractivity (Wildman–Crippen MR) is 62.8 cm³/mol. The average molecular weight is 254 g/mol. The average Bonchev–Trinajstić information content (AvgIpc) is 2.70. The fourth-order valence-electron chi connectivity index (χ4n) is 2.06. The number of carbonyl (C=O) groups is 1. The highest BCUT2D eigenvalue weighted by Crippen LogP contribution is 2.44. The Hall–Kier alpha value is -1.47. The zero-order chi connectivity index (χ0) is 13.3. The number of carboxylic acid groups (broad SMARTS) is 1. The first-order valence-electron chi connectivity index (χ1n) is 5.91. The number of nitrogens with zero attached hydrogens (tertiary/aromatic N) is 4. The van der Waals surface area contributed by atoms with Crippen LogP contribution in [0.4, 0.5) is 0 Å². The van der Waals surface area contributed by atoms with Gasteiger partial charge in [-0.05, 0) is 26.9 Å². The zero-order valence-corrected chi connectivity index (χ0v) is 10.6. The maximum atomic E-state index is 10.7. The lowest BCUT2D eigenvalue weighted by Gasteiger charge is -2.39. The van der Waals surface area contributed by atoms with E-state index in [1.807, 2.05) is 19.0 Å². The first-order chi connectivity index (χ1) is 8.40. The molecule has 100 valence electrons. The molecule has 7 heteroatoms. The Bertz CT molecular complexity index is 437. The van der Waals surface area contributed by atoms with Gasteiger partial charge in [0.25, 0.3) is 0 Å². The number of aromatic nitrogens is 3. The molecule has 1 aliphatic rings. The Balaban J connectivity index is 1.96. The molecule has 0 amide bonds. The number of rotatable bonds is 5. The molecule has 1 fully saturated rings. The van der Waals surface area contributed by atoms with Gasteiger partial charge in [0.15, 0.2) is 0 Å². The maximum absolute atomic E-state index is 10.7. The number of hydrogen-bond acceptors (Lipinski definition) is 5. The van der Waals surface area contributed by atoms with E-state index < -0.39 is 17.5 Å². The van der Waals surface area contributed by atoms with Crippen LogP contribution < -0.4 is 0 Å². The highest BCUT2D eigenvalue weighted by atomic mass is 16.4. The van der Waals surface area contributed by atoms with Crippen molar-refractivity contribution in [1.29, 1.82) is 0 Å². The molecule has 2 N–H and O–H groups in total. The van der Waals surface area contributed by atoms with Gasteiger partial charge in [0, 0.05) is 6.54 Å². The summed E-state index contributed by atoms with van der Waals surface area (Å²) in [5.41, 5.74) is -0.641. The van der Waals surface area contributed by atoms with Crippen molar-refractivity contribution < 1.29 is 15.0 Å². The molecular formula is C11H18N4O3. The van der Waals surface area contributed by atoms with Crippen molar-refractivity contribution in [1.82, 2.24) is 19.9 Å². The highest BCUT2D eigenvalue weighted by Gasteiger charge is 2.49. The van der Waals surface area contributed by atoms with E-state index in [9.17, 15) is 9.90 Å².